The van der Waals surface area contributed by atoms with Gasteiger partial charge in [0.25, 0.3) is 5.91 Å². The third kappa shape index (κ3) is 4.97. The summed E-state index contributed by atoms with van der Waals surface area (Å²) in [6, 6.07) is 6.69. The summed E-state index contributed by atoms with van der Waals surface area (Å²) in [6.07, 6.45) is -3.47. The number of carbonyl (C=O) groups excluding carboxylic acids is 1. The van der Waals surface area contributed by atoms with Crippen molar-refractivity contribution in [3.63, 3.8) is 0 Å². The Morgan fingerprint density at radius 1 is 1.29 bits per heavy atom. The Balaban J connectivity index is 0.00000288. The van der Waals surface area contributed by atoms with Crippen LogP contribution in [0.5, 0.6) is 0 Å². The molecule has 0 atom stereocenters. The van der Waals surface area contributed by atoms with E-state index in [0.717, 1.165) is 16.9 Å². The summed E-state index contributed by atoms with van der Waals surface area (Å²) in [5.74, 6) is -0.411. The van der Waals surface area contributed by atoms with Crippen molar-refractivity contribution in [1.29, 1.82) is 0 Å². The van der Waals surface area contributed by atoms with Crippen LogP contribution in [0.2, 0.25) is 0 Å². The quantitative estimate of drug-likeness (QED) is 0.878. The zero-order valence-electron chi connectivity index (χ0n) is 13.1. The number of amides is 1. The predicted molar refractivity (Wildman–Crippen MR) is 86.4 cm³/mol. The molecule has 5 nitrogen and oxygen atoms in total. The van der Waals surface area contributed by atoms with Crippen LogP contribution in [-0.4, -0.2) is 27.8 Å². The van der Waals surface area contributed by atoms with Gasteiger partial charge in [-0.25, -0.2) is 4.68 Å². The number of rotatable bonds is 4. The minimum Gasteiger partial charge on any atom is -0.350 e. The van der Waals surface area contributed by atoms with Gasteiger partial charge in [-0.1, -0.05) is 6.07 Å². The highest BCUT2D eigenvalue weighted by atomic mass is 35.5. The van der Waals surface area contributed by atoms with Crippen LogP contribution < -0.4 is 11.1 Å². The third-order valence-electron chi connectivity index (χ3n) is 2.99. The molecule has 0 spiro atoms. The lowest BCUT2D eigenvalue weighted by molar-refractivity contribution is -0.142. The summed E-state index contributed by atoms with van der Waals surface area (Å²) in [6.45, 7) is 3.75. The largest absolute Gasteiger partial charge is 0.433 e. The van der Waals surface area contributed by atoms with Crippen LogP contribution in [-0.2, 0) is 6.18 Å². The summed E-state index contributed by atoms with van der Waals surface area (Å²) in [4.78, 5) is 12.1. The second kappa shape index (κ2) is 7.23. The maximum atomic E-state index is 12.9. The van der Waals surface area contributed by atoms with Crippen molar-refractivity contribution >= 4 is 18.3 Å². The fourth-order valence-corrected chi connectivity index (χ4v) is 1.91. The lowest BCUT2D eigenvalue weighted by atomic mass is 10.1. The Labute approximate surface area is 143 Å². The highest BCUT2D eigenvalue weighted by Crippen LogP contribution is 2.30. The van der Waals surface area contributed by atoms with Gasteiger partial charge in [-0.15, -0.1) is 12.4 Å². The summed E-state index contributed by atoms with van der Waals surface area (Å²) < 4.78 is 39.5. The molecule has 1 aromatic heterocycles. The Bertz CT molecular complexity index is 707. The molecule has 0 unspecified atom stereocenters. The van der Waals surface area contributed by atoms with E-state index in [2.05, 4.69) is 10.4 Å². The van der Waals surface area contributed by atoms with E-state index >= 15 is 0 Å². The van der Waals surface area contributed by atoms with E-state index in [0.29, 0.717) is 0 Å². The van der Waals surface area contributed by atoms with Gasteiger partial charge in [0.05, 0.1) is 11.9 Å². The first-order valence-corrected chi connectivity index (χ1v) is 6.87. The number of alkyl halides is 3. The number of aromatic nitrogens is 2. The van der Waals surface area contributed by atoms with Crippen molar-refractivity contribution in [1.82, 2.24) is 15.1 Å². The summed E-state index contributed by atoms with van der Waals surface area (Å²) in [7, 11) is 0. The molecule has 0 fully saturated rings. The maximum absolute atomic E-state index is 12.9. The summed E-state index contributed by atoms with van der Waals surface area (Å²) in [5.41, 5.74) is 4.68. The highest BCUT2D eigenvalue weighted by molar-refractivity contribution is 5.94. The number of nitrogens with two attached hydrogens (primary N) is 1. The van der Waals surface area contributed by atoms with Crippen molar-refractivity contribution < 1.29 is 18.0 Å². The first-order chi connectivity index (χ1) is 10.6. The lowest BCUT2D eigenvalue weighted by Crippen LogP contribution is -2.45. The zero-order valence-corrected chi connectivity index (χ0v) is 13.9. The molecule has 1 amide bonds. The van der Waals surface area contributed by atoms with Crippen LogP contribution in [0, 0.1) is 0 Å². The topological polar surface area (TPSA) is 72.9 Å². The Morgan fingerprint density at radius 3 is 2.54 bits per heavy atom. The Kier molecular flexibility index (Phi) is 6.02. The zero-order chi connectivity index (χ0) is 17.3. The number of carbonyl (C=O) groups is 1. The van der Waals surface area contributed by atoms with Crippen molar-refractivity contribution in [3.05, 3.63) is 47.8 Å². The molecule has 0 saturated heterocycles. The minimum absolute atomic E-state index is 0. The van der Waals surface area contributed by atoms with Gasteiger partial charge in [0.15, 0.2) is 0 Å². The van der Waals surface area contributed by atoms with Crippen LogP contribution in [0.3, 0.4) is 0 Å². The van der Waals surface area contributed by atoms with Crippen molar-refractivity contribution in [2.45, 2.75) is 25.6 Å². The number of benzene rings is 1. The number of halogens is 4. The minimum atomic E-state index is -4.53. The molecule has 132 valence electrons. The Morgan fingerprint density at radius 2 is 1.96 bits per heavy atom. The van der Waals surface area contributed by atoms with Gasteiger partial charge in [-0.3, -0.25) is 4.79 Å². The number of hydrogen-bond acceptors (Lipinski definition) is 3. The van der Waals surface area contributed by atoms with E-state index in [1.807, 2.05) is 0 Å². The van der Waals surface area contributed by atoms with E-state index in [9.17, 15) is 18.0 Å². The fraction of sp³-hybridized carbons (Fsp3) is 0.333. The normalized spacial score (nSPS) is 11.8. The average Bonchev–Trinajstić information content (AvgIpc) is 2.93. The first-order valence-electron chi connectivity index (χ1n) is 6.87. The van der Waals surface area contributed by atoms with Crippen molar-refractivity contribution in [3.8, 4) is 5.69 Å². The summed E-state index contributed by atoms with van der Waals surface area (Å²) >= 11 is 0. The fourth-order valence-electron chi connectivity index (χ4n) is 1.91. The van der Waals surface area contributed by atoms with Crippen LogP contribution in [0.4, 0.5) is 13.2 Å². The van der Waals surface area contributed by atoms with Crippen LogP contribution in [0.15, 0.2) is 36.5 Å². The summed E-state index contributed by atoms with van der Waals surface area (Å²) in [5, 5.41) is 6.32. The molecule has 0 saturated carbocycles. The Hall–Kier alpha value is -2.06. The van der Waals surface area contributed by atoms with Gasteiger partial charge in [0, 0.05) is 17.6 Å². The van der Waals surface area contributed by atoms with Gasteiger partial charge < -0.3 is 11.1 Å². The second-order valence-electron chi connectivity index (χ2n) is 5.85. The third-order valence-corrected chi connectivity index (χ3v) is 2.99. The number of hydrogen-bond donors (Lipinski definition) is 2. The lowest BCUT2D eigenvalue weighted by Gasteiger charge is -2.19. The molecular weight excluding hydrogens is 345 g/mol. The van der Waals surface area contributed by atoms with Gasteiger partial charge >= 0.3 is 6.18 Å². The van der Waals surface area contributed by atoms with Crippen LogP contribution >= 0.6 is 12.4 Å². The monoisotopic (exact) mass is 362 g/mol. The standard InChI is InChI=1S/C15H17F3N4O.ClH/c1-14(2,19)9-20-13(23)10-4-3-5-11(8-10)22-12(6-7-21-22)15(16,17)18;/h3-8H,9,19H2,1-2H3,(H,20,23);1H. The second-order valence-corrected chi connectivity index (χ2v) is 5.85. The van der Waals surface area contributed by atoms with Gasteiger partial charge in [-0.2, -0.15) is 18.3 Å². The van der Waals surface area contributed by atoms with E-state index in [4.69, 9.17) is 5.73 Å². The van der Waals surface area contributed by atoms with Crippen LogP contribution in [0.25, 0.3) is 5.69 Å². The van der Waals surface area contributed by atoms with E-state index in [1.165, 1.54) is 24.3 Å². The molecule has 0 bridgehead atoms. The SMILES string of the molecule is CC(C)(N)CNC(=O)c1cccc(-n2nccc2C(F)(F)F)c1.Cl. The molecule has 1 heterocycles. The smallest absolute Gasteiger partial charge is 0.350 e. The van der Waals surface area contributed by atoms with Gasteiger partial charge in [0.1, 0.15) is 5.69 Å². The average molecular weight is 363 g/mol. The van der Waals surface area contributed by atoms with Gasteiger partial charge in [0.2, 0.25) is 0 Å². The molecule has 1 aromatic carbocycles. The van der Waals surface area contributed by atoms with E-state index in [-0.39, 0.29) is 30.2 Å². The maximum Gasteiger partial charge on any atom is 0.433 e. The van der Waals surface area contributed by atoms with E-state index < -0.39 is 23.3 Å². The molecule has 0 radical (unpaired) electrons. The molecular formula is C15H18ClF3N4O. The molecule has 0 aliphatic rings. The molecule has 24 heavy (non-hydrogen) atoms. The van der Waals surface area contributed by atoms with E-state index in [1.54, 1.807) is 13.8 Å². The molecule has 9 heteroatoms. The molecule has 3 N–H and O–H groups in total. The number of nitrogens with zero attached hydrogens (tertiary/aromatic N) is 2. The molecule has 0 aliphatic carbocycles. The van der Waals surface area contributed by atoms with Crippen molar-refractivity contribution in [2.24, 2.45) is 5.73 Å². The molecule has 2 rings (SSSR count). The number of nitrogens with one attached hydrogen (secondary N) is 1. The molecule has 2 aromatic rings. The van der Waals surface area contributed by atoms with Crippen molar-refractivity contribution in [2.75, 3.05) is 6.54 Å². The van der Waals surface area contributed by atoms with Crippen LogP contribution in [0.1, 0.15) is 29.9 Å². The molecule has 0 aliphatic heterocycles. The highest BCUT2D eigenvalue weighted by Gasteiger charge is 2.35. The van der Waals surface area contributed by atoms with Gasteiger partial charge in [-0.05, 0) is 38.1 Å². The first kappa shape index (κ1) is 20.0. The predicted octanol–water partition coefficient (Wildman–Crippen LogP) is 2.78.